The molecule has 9 heteroatoms. The largest absolute Gasteiger partial charge is 0.282 e. The second-order valence-electron chi connectivity index (χ2n) is 9.11. The predicted octanol–water partition coefficient (Wildman–Crippen LogP) is 4.94. The van der Waals surface area contributed by atoms with Gasteiger partial charge in [-0.3, -0.25) is 14.7 Å². The molecule has 0 saturated carbocycles. The standard InChI is InChI=1S/C27H28N4O3S2/c1-19-13-14-24-25(20(19)2)29-27(35-24)31(18-22-10-6-7-15-28-22)26(32)21-9-8-16-30(17-21)36(33,34)23-11-4-3-5-12-23/h3-7,10-15,21H,8-9,16-18H2,1-2H3. The van der Waals surface area contributed by atoms with Crippen LogP contribution in [0, 0.1) is 19.8 Å². The van der Waals surface area contributed by atoms with E-state index >= 15 is 0 Å². The number of sulfonamides is 1. The summed E-state index contributed by atoms with van der Waals surface area (Å²) < 4.78 is 29.0. The zero-order chi connectivity index (χ0) is 25.3. The molecule has 2 aromatic heterocycles. The van der Waals surface area contributed by atoms with Gasteiger partial charge < -0.3 is 0 Å². The van der Waals surface area contributed by atoms with Gasteiger partial charge in [-0.1, -0.05) is 41.7 Å². The van der Waals surface area contributed by atoms with Gasteiger partial charge in [0.2, 0.25) is 15.9 Å². The molecule has 0 N–H and O–H groups in total. The Morgan fingerprint density at radius 2 is 1.86 bits per heavy atom. The molecule has 0 aliphatic carbocycles. The average molecular weight is 521 g/mol. The van der Waals surface area contributed by atoms with Crippen LogP contribution in [-0.2, 0) is 21.4 Å². The van der Waals surface area contributed by atoms with Crippen molar-refractivity contribution in [3.05, 3.63) is 83.7 Å². The van der Waals surface area contributed by atoms with E-state index in [2.05, 4.69) is 11.1 Å². The first-order valence-corrected chi connectivity index (χ1v) is 14.2. The van der Waals surface area contributed by atoms with Gasteiger partial charge in [-0.15, -0.1) is 0 Å². The van der Waals surface area contributed by atoms with Gasteiger partial charge in [-0.25, -0.2) is 13.4 Å². The van der Waals surface area contributed by atoms with Crippen LogP contribution in [0.2, 0.25) is 0 Å². The third-order valence-electron chi connectivity index (χ3n) is 6.73. The van der Waals surface area contributed by atoms with E-state index in [1.54, 1.807) is 41.4 Å². The van der Waals surface area contributed by atoms with Crippen LogP contribution >= 0.6 is 11.3 Å². The maximum absolute atomic E-state index is 14.0. The number of aryl methyl sites for hydroxylation is 2. The van der Waals surface area contributed by atoms with Crippen LogP contribution in [0.1, 0.15) is 29.7 Å². The van der Waals surface area contributed by atoms with E-state index in [9.17, 15) is 13.2 Å². The monoisotopic (exact) mass is 520 g/mol. The highest BCUT2D eigenvalue weighted by Crippen LogP contribution is 2.34. The SMILES string of the molecule is Cc1ccc2sc(N(Cc3ccccn3)C(=O)C3CCCN(S(=O)(=O)c4ccccc4)C3)nc2c1C. The number of aromatic nitrogens is 2. The Hall–Kier alpha value is -3.14. The number of amides is 1. The minimum absolute atomic E-state index is 0.123. The molecule has 3 heterocycles. The van der Waals surface area contributed by atoms with E-state index in [0.29, 0.717) is 24.5 Å². The molecule has 1 atom stereocenters. The highest BCUT2D eigenvalue weighted by atomic mass is 32.2. The van der Waals surface area contributed by atoms with Crippen molar-refractivity contribution in [3.63, 3.8) is 0 Å². The Morgan fingerprint density at radius 3 is 2.61 bits per heavy atom. The maximum atomic E-state index is 14.0. The smallest absolute Gasteiger partial charge is 0.243 e. The summed E-state index contributed by atoms with van der Waals surface area (Å²) in [4.78, 5) is 25.2. The van der Waals surface area contributed by atoms with Crippen molar-refractivity contribution in [1.29, 1.82) is 0 Å². The molecule has 0 radical (unpaired) electrons. The maximum Gasteiger partial charge on any atom is 0.243 e. The molecule has 1 aliphatic heterocycles. The van der Waals surface area contributed by atoms with E-state index < -0.39 is 15.9 Å². The number of piperidine rings is 1. The first-order valence-electron chi connectivity index (χ1n) is 12.0. The summed E-state index contributed by atoms with van der Waals surface area (Å²) in [6, 6.07) is 18.1. The second-order valence-corrected chi connectivity index (χ2v) is 12.1. The van der Waals surface area contributed by atoms with Crippen LogP contribution in [-0.4, -0.2) is 41.7 Å². The number of hydrogen-bond acceptors (Lipinski definition) is 6. The highest BCUT2D eigenvalue weighted by molar-refractivity contribution is 7.89. The molecule has 0 bridgehead atoms. The number of hydrogen-bond donors (Lipinski definition) is 0. The summed E-state index contributed by atoms with van der Waals surface area (Å²) in [5, 5.41) is 0.609. The molecule has 186 valence electrons. The van der Waals surface area contributed by atoms with E-state index in [1.807, 2.05) is 38.1 Å². The minimum Gasteiger partial charge on any atom is -0.282 e. The van der Waals surface area contributed by atoms with Crippen molar-refractivity contribution in [2.45, 2.75) is 38.1 Å². The molecule has 5 rings (SSSR count). The number of fused-ring (bicyclic) bond motifs is 1. The summed E-state index contributed by atoms with van der Waals surface area (Å²) in [5.41, 5.74) is 3.89. The van der Waals surface area contributed by atoms with Crippen molar-refractivity contribution in [2.24, 2.45) is 5.92 Å². The summed E-state index contributed by atoms with van der Waals surface area (Å²) in [5.74, 6) is -0.585. The van der Waals surface area contributed by atoms with Crippen molar-refractivity contribution in [1.82, 2.24) is 14.3 Å². The molecule has 1 saturated heterocycles. The van der Waals surface area contributed by atoms with E-state index in [-0.39, 0.29) is 23.9 Å². The quantitative estimate of drug-likeness (QED) is 0.360. The number of anilines is 1. The lowest BCUT2D eigenvalue weighted by Gasteiger charge is -2.33. The Balaban J connectivity index is 1.47. The second kappa shape index (κ2) is 10.1. The zero-order valence-corrected chi connectivity index (χ0v) is 21.9. The third-order valence-corrected chi connectivity index (χ3v) is 9.65. The molecule has 2 aromatic carbocycles. The number of nitrogens with zero attached hydrogens (tertiary/aromatic N) is 4. The summed E-state index contributed by atoms with van der Waals surface area (Å²) >= 11 is 1.48. The Kier molecular flexibility index (Phi) is 6.87. The topological polar surface area (TPSA) is 83.5 Å². The van der Waals surface area contributed by atoms with E-state index in [4.69, 9.17) is 4.98 Å². The molecule has 7 nitrogen and oxygen atoms in total. The fourth-order valence-electron chi connectivity index (χ4n) is 4.55. The molecular weight excluding hydrogens is 492 g/mol. The molecule has 4 aromatic rings. The molecule has 0 spiro atoms. The fraction of sp³-hybridized carbons (Fsp3) is 0.296. The predicted molar refractivity (Wildman–Crippen MR) is 142 cm³/mol. The van der Waals surface area contributed by atoms with Crippen molar-refractivity contribution in [3.8, 4) is 0 Å². The van der Waals surface area contributed by atoms with Crippen molar-refractivity contribution in [2.75, 3.05) is 18.0 Å². The molecule has 1 aliphatic rings. The van der Waals surface area contributed by atoms with Crippen molar-refractivity contribution < 1.29 is 13.2 Å². The van der Waals surface area contributed by atoms with Gasteiger partial charge in [0.1, 0.15) is 0 Å². The van der Waals surface area contributed by atoms with Gasteiger partial charge in [0.05, 0.1) is 33.3 Å². The average Bonchev–Trinajstić information content (AvgIpc) is 3.35. The Labute approximate surface area is 215 Å². The Bertz CT molecular complexity index is 1490. The van der Waals surface area contributed by atoms with Crippen molar-refractivity contribution >= 4 is 42.6 Å². The van der Waals surface area contributed by atoms with Crippen LogP contribution in [0.3, 0.4) is 0 Å². The minimum atomic E-state index is -3.67. The Morgan fingerprint density at radius 1 is 1.08 bits per heavy atom. The van der Waals surface area contributed by atoms with Crippen LogP contribution in [0.5, 0.6) is 0 Å². The molecular formula is C27H28N4O3S2. The lowest BCUT2D eigenvalue weighted by molar-refractivity contribution is -0.123. The van der Waals surface area contributed by atoms with Gasteiger partial charge in [0, 0.05) is 19.3 Å². The fourth-order valence-corrected chi connectivity index (χ4v) is 7.12. The van der Waals surface area contributed by atoms with E-state index in [0.717, 1.165) is 27.0 Å². The first-order chi connectivity index (χ1) is 17.3. The summed E-state index contributed by atoms with van der Waals surface area (Å²) in [7, 11) is -3.67. The molecule has 1 amide bonds. The van der Waals surface area contributed by atoms with Gasteiger partial charge in [0.15, 0.2) is 5.13 Å². The number of thiazole rings is 1. The third kappa shape index (κ3) is 4.78. The number of pyridine rings is 1. The lowest BCUT2D eigenvalue weighted by Crippen LogP contribution is -2.46. The van der Waals surface area contributed by atoms with Crippen LogP contribution in [0.15, 0.2) is 71.8 Å². The number of carbonyl (C=O) groups excluding carboxylic acids is 1. The zero-order valence-electron chi connectivity index (χ0n) is 20.3. The summed E-state index contributed by atoms with van der Waals surface area (Å²) in [6.07, 6.45) is 2.96. The number of carbonyl (C=O) groups is 1. The molecule has 1 unspecified atom stereocenters. The van der Waals surface area contributed by atoms with Crippen LogP contribution < -0.4 is 4.90 Å². The van der Waals surface area contributed by atoms with Crippen LogP contribution in [0.4, 0.5) is 5.13 Å². The van der Waals surface area contributed by atoms with E-state index in [1.165, 1.54) is 15.6 Å². The van der Waals surface area contributed by atoms with Gasteiger partial charge >= 0.3 is 0 Å². The van der Waals surface area contributed by atoms with Gasteiger partial charge in [-0.05, 0) is 68.1 Å². The first kappa shape index (κ1) is 24.5. The number of benzene rings is 2. The van der Waals surface area contributed by atoms with Gasteiger partial charge in [0.25, 0.3) is 0 Å². The molecule has 1 fully saturated rings. The lowest BCUT2D eigenvalue weighted by atomic mass is 9.98. The number of rotatable bonds is 6. The van der Waals surface area contributed by atoms with Crippen LogP contribution in [0.25, 0.3) is 10.2 Å². The molecule has 36 heavy (non-hydrogen) atoms. The van der Waals surface area contributed by atoms with Gasteiger partial charge in [-0.2, -0.15) is 4.31 Å². The summed E-state index contributed by atoms with van der Waals surface area (Å²) in [6.45, 7) is 4.92. The normalized spacial score (nSPS) is 16.8. The highest BCUT2D eigenvalue weighted by Gasteiger charge is 2.36.